The first kappa shape index (κ1) is 20.4. The average molecular weight is 409 g/mol. The van der Waals surface area contributed by atoms with Crippen LogP contribution in [0.1, 0.15) is 31.4 Å². The Kier molecular flexibility index (Phi) is 5.79. The molecule has 2 heterocycles. The molecule has 0 spiro atoms. The predicted octanol–water partition coefficient (Wildman–Crippen LogP) is 5.18. The number of benzene rings is 1. The van der Waals surface area contributed by atoms with Crippen molar-refractivity contribution < 1.29 is 18.0 Å². The molecule has 0 aromatic heterocycles. The predicted molar refractivity (Wildman–Crippen MR) is 104 cm³/mol. The van der Waals surface area contributed by atoms with Crippen LogP contribution in [-0.4, -0.2) is 17.5 Å². The first-order chi connectivity index (χ1) is 13.2. The minimum atomic E-state index is -4.32. The summed E-state index contributed by atoms with van der Waals surface area (Å²) in [5.74, 6) is -0.587. The van der Waals surface area contributed by atoms with E-state index in [-0.39, 0.29) is 16.9 Å². The SMILES string of the molecule is CC1=NC(C)=C(Cl)C(=O)C1C1C=CC(CCc2ccc(C(F)(F)F)cc2)=CN1. The number of nitrogens with zero attached hydrogens (tertiary/aromatic N) is 1. The van der Waals surface area contributed by atoms with E-state index < -0.39 is 17.7 Å². The van der Waals surface area contributed by atoms with Gasteiger partial charge in [-0.2, -0.15) is 13.2 Å². The van der Waals surface area contributed by atoms with Gasteiger partial charge in [0.15, 0.2) is 5.78 Å². The van der Waals surface area contributed by atoms with Crippen LogP contribution in [-0.2, 0) is 17.4 Å². The molecule has 1 aromatic carbocycles. The molecule has 3 nitrogen and oxygen atoms in total. The highest BCUT2D eigenvalue weighted by atomic mass is 35.5. The molecule has 0 saturated carbocycles. The molecule has 2 unspecified atom stereocenters. The molecule has 28 heavy (non-hydrogen) atoms. The van der Waals surface area contributed by atoms with Crippen molar-refractivity contribution in [2.45, 2.75) is 38.9 Å². The molecule has 0 aliphatic carbocycles. The molecule has 1 aromatic rings. The van der Waals surface area contributed by atoms with Gasteiger partial charge in [0.05, 0.1) is 23.2 Å². The lowest BCUT2D eigenvalue weighted by molar-refractivity contribution is -0.137. The number of halogens is 4. The number of carbonyl (C=O) groups is 1. The maximum atomic E-state index is 12.6. The lowest BCUT2D eigenvalue weighted by Gasteiger charge is -2.29. The number of dihydropyridines is 1. The number of hydrogen-bond donors (Lipinski definition) is 1. The van der Waals surface area contributed by atoms with E-state index >= 15 is 0 Å². The topological polar surface area (TPSA) is 41.5 Å². The smallest absolute Gasteiger partial charge is 0.383 e. The average Bonchev–Trinajstić information content (AvgIpc) is 2.65. The first-order valence-electron chi connectivity index (χ1n) is 8.92. The maximum absolute atomic E-state index is 12.6. The van der Waals surface area contributed by atoms with Crippen molar-refractivity contribution in [1.29, 1.82) is 0 Å². The zero-order valence-corrected chi connectivity index (χ0v) is 16.2. The summed E-state index contributed by atoms with van der Waals surface area (Å²) in [6.07, 6.45) is 2.67. The third kappa shape index (κ3) is 4.38. The van der Waals surface area contributed by atoms with Crippen molar-refractivity contribution >= 4 is 23.1 Å². The molecule has 2 atom stereocenters. The van der Waals surface area contributed by atoms with Crippen molar-refractivity contribution in [2.75, 3.05) is 0 Å². The van der Waals surface area contributed by atoms with Crippen LogP contribution in [0.2, 0.25) is 0 Å². The van der Waals surface area contributed by atoms with Crippen LogP contribution in [0, 0.1) is 5.92 Å². The highest BCUT2D eigenvalue weighted by molar-refractivity contribution is 6.45. The van der Waals surface area contributed by atoms with Crippen LogP contribution < -0.4 is 5.32 Å². The summed E-state index contributed by atoms with van der Waals surface area (Å²) < 4.78 is 37.9. The Balaban J connectivity index is 1.59. The van der Waals surface area contributed by atoms with E-state index in [1.54, 1.807) is 6.92 Å². The van der Waals surface area contributed by atoms with Gasteiger partial charge in [0, 0.05) is 11.9 Å². The first-order valence-corrected chi connectivity index (χ1v) is 9.30. The number of rotatable bonds is 4. The van der Waals surface area contributed by atoms with Gasteiger partial charge in [0.2, 0.25) is 0 Å². The minimum absolute atomic E-state index is 0.143. The van der Waals surface area contributed by atoms with E-state index in [0.29, 0.717) is 18.5 Å². The molecular formula is C21H20ClF3N2O. The van der Waals surface area contributed by atoms with Crippen molar-refractivity contribution in [2.24, 2.45) is 10.9 Å². The number of nitrogens with one attached hydrogen (secondary N) is 1. The van der Waals surface area contributed by atoms with E-state index in [0.717, 1.165) is 29.0 Å². The number of hydrogen-bond acceptors (Lipinski definition) is 3. The van der Waals surface area contributed by atoms with E-state index in [1.165, 1.54) is 12.1 Å². The standard InChI is InChI=1S/C21H20ClF3N2O/c1-12-18(20(28)19(22)13(2)27-12)17-10-7-15(11-26-17)4-3-14-5-8-16(9-6-14)21(23,24)25/h5-11,17-18,26H,3-4H2,1-2H3. The van der Waals surface area contributed by atoms with Gasteiger partial charge in [0.1, 0.15) is 5.03 Å². The second kappa shape index (κ2) is 7.95. The molecule has 0 saturated heterocycles. The molecule has 0 bridgehead atoms. The lowest BCUT2D eigenvalue weighted by atomic mass is 9.86. The fourth-order valence-corrected chi connectivity index (χ4v) is 3.52. The third-order valence-electron chi connectivity index (χ3n) is 4.93. The fraction of sp³-hybridized carbons (Fsp3) is 0.333. The van der Waals surface area contributed by atoms with E-state index in [4.69, 9.17) is 11.6 Å². The molecule has 148 valence electrons. The highest BCUT2D eigenvalue weighted by Gasteiger charge is 2.35. The molecule has 1 N–H and O–H groups in total. The van der Waals surface area contributed by atoms with Gasteiger partial charge in [0.25, 0.3) is 0 Å². The Hall–Kier alpha value is -2.34. The normalized spacial score (nSPS) is 22.7. The van der Waals surface area contributed by atoms with Crippen molar-refractivity contribution in [3.05, 3.63) is 70.0 Å². The Morgan fingerprint density at radius 2 is 1.82 bits per heavy atom. The lowest BCUT2D eigenvalue weighted by Crippen LogP contribution is -2.43. The van der Waals surface area contributed by atoms with Crippen LogP contribution in [0.4, 0.5) is 13.2 Å². The summed E-state index contributed by atoms with van der Waals surface area (Å²) in [6, 6.07) is 4.98. The van der Waals surface area contributed by atoms with Gasteiger partial charge in [-0.05, 0) is 50.0 Å². The number of carbonyl (C=O) groups excluding carboxylic acids is 1. The van der Waals surface area contributed by atoms with Crippen LogP contribution in [0.5, 0.6) is 0 Å². The summed E-state index contributed by atoms with van der Waals surface area (Å²) in [4.78, 5) is 16.8. The molecule has 0 radical (unpaired) electrons. The summed E-state index contributed by atoms with van der Waals surface area (Å²) in [5, 5.41) is 3.39. The van der Waals surface area contributed by atoms with E-state index in [2.05, 4.69) is 10.3 Å². The number of ketones is 1. The van der Waals surface area contributed by atoms with Gasteiger partial charge in [-0.1, -0.05) is 35.9 Å². The summed E-state index contributed by atoms with van der Waals surface area (Å²) in [6.45, 7) is 3.53. The third-order valence-corrected chi connectivity index (χ3v) is 5.39. The Bertz CT molecular complexity index is 893. The number of aliphatic imine (C=N–C) groups is 1. The molecule has 2 aliphatic heterocycles. The van der Waals surface area contributed by atoms with Crippen LogP contribution in [0.3, 0.4) is 0 Å². The number of Topliss-reactive ketones (excluding diaryl/α,β-unsaturated/α-hetero) is 1. The fourth-order valence-electron chi connectivity index (χ4n) is 3.36. The van der Waals surface area contributed by atoms with Gasteiger partial charge in [-0.25, -0.2) is 0 Å². The van der Waals surface area contributed by atoms with Crippen molar-refractivity contribution in [3.63, 3.8) is 0 Å². The zero-order valence-electron chi connectivity index (χ0n) is 15.5. The van der Waals surface area contributed by atoms with E-state index in [1.807, 2.05) is 25.3 Å². The molecule has 0 fully saturated rings. The van der Waals surface area contributed by atoms with Crippen molar-refractivity contribution in [1.82, 2.24) is 5.32 Å². The molecule has 7 heteroatoms. The Morgan fingerprint density at radius 1 is 1.14 bits per heavy atom. The van der Waals surface area contributed by atoms with Crippen LogP contribution >= 0.6 is 11.6 Å². The summed E-state index contributed by atoms with van der Waals surface area (Å²) in [5.41, 5.74) is 2.45. The number of aryl methyl sites for hydroxylation is 1. The second-order valence-corrected chi connectivity index (χ2v) is 7.34. The van der Waals surface area contributed by atoms with Crippen LogP contribution in [0.25, 0.3) is 0 Å². The van der Waals surface area contributed by atoms with E-state index in [9.17, 15) is 18.0 Å². The zero-order chi connectivity index (χ0) is 20.5. The largest absolute Gasteiger partial charge is 0.416 e. The van der Waals surface area contributed by atoms with Gasteiger partial charge < -0.3 is 5.32 Å². The number of allylic oxidation sites excluding steroid dienone is 4. The molecule has 2 aliphatic rings. The quantitative estimate of drug-likeness (QED) is 0.745. The molecule has 0 amide bonds. The second-order valence-electron chi connectivity index (χ2n) is 6.96. The number of alkyl halides is 3. The Morgan fingerprint density at radius 3 is 2.39 bits per heavy atom. The molecular weight excluding hydrogens is 389 g/mol. The highest BCUT2D eigenvalue weighted by Crippen LogP contribution is 2.30. The van der Waals surface area contributed by atoms with Gasteiger partial charge in [-0.3, -0.25) is 9.79 Å². The maximum Gasteiger partial charge on any atom is 0.416 e. The summed E-state index contributed by atoms with van der Waals surface area (Å²) in [7, 11) is 0. The van der Waals surface area contributed by atoms with Gasteiger partial charge >= 0.3 is 6.18 Å². The van der Waals surface area contributed by atoms with Gasteiger partial charge in [-0.15, -0.1) is 0 Å². The van der Waals surface area contributed by atoms with Crippen LogP contribution in [0.15, 0.2) is 63.9 Å². The monoisotopic (exact) mass is 408 g/mol. The minimum Gasteiger partial charge on any atom is -0.383 e. The van der Waals surface area contributed by atoms with Crippen molar-refractivity contribution in [3.8, 4) is 0 Å². The summed E-state index contributed by atoms with van der Waals surface area (Å²) >= 11 is 6.07. The molecule has 3 rings (SSSR count). The Labute approximate surface area is 166 Å².